The smallest absolute Gasteiger partial charge is 0.386 e. The Morgan fingerprint density at radius 1 is 0.550 bits per heavy atom. The van der Waals surface area contributed by atoms with Gasteiger partial charge in [-0.3, -0.25) is 0 Å². The van der Waals surface area contributed by atoms with Crippen molar-refractivity contribution in [3.63, 3.8) is 0 Å². The van der Waals surface area contributed by atoms with E-state index in [1.54, 1.807) is 72.8 Å². The van der Waals surface area contributed by atoms with E-state index in [4.69, 9.17) is 73.0 Å². The predicted molar refractivity (Wildman–Crippen MR) is 145 cm³/mol. The molecule has 0 unspecified atom stereocenters. The van der Waals surface area contributed by atoms with Gasteiger partial charge in [0.15, 0.2) is 0 Å². The van der Waals surface area contributed by atoms with E-state index < -0.39 is 32.2 Å². The van der Waals surface area contributed by atoms with Gasteiger partial charge >= 0.3 is 32.2 Å². The zero-order valence-corrected chi connectivity index (χ0v) is 24.1. The molecule has 0 radical (unpaired) electrons. The zero-order valence-electron chi connectivity index (χ0n) is 20.5. The van der Waals surface area contributed by atoms with Crippen LogP contribution >= 0.6 is 32.2 Å². The lowest BCUT2D eigenvalue weighted by Crippen LogP contribution is -2.11. The molecule has 0 amide bonds. The van der Waals surface area contributed by atoms with E-state index >= 15 is 0 Å². The van der Waals surface area contributed by atoms with Crippen LogP contribution in [0.3, 0.4) is 0 Å². The van der Waals surface area contributed by atoms with Crippen molar-refractivity contribution in [1.29, 1.82) is 0 Å². The van der Waals surface area contributed by atoms with Crippen molar-refractivity contribution >= 4 is 32.2 Å². The molecule has 0 atom stereocenters. The summed E-state index contributed by atoms with van der Waals surface area (Å²) in [6.45, 7) is 1.19. The topological polar surface area (TPSA) is 290 Å². The standard InChI is InChI=1S/C18H15O4P.C2H8N2.2H3O4P.HO2P/c19-23(20-16-10-4-1-5-11-16,21-17-12-6-2-7-13-17)22-18-14-8-3-9-15-18;3-1-2-4;2*1-5(2,3)4;1-3-2/h1-15H;1-4H2;2*(H3,1,2,3,4);(H,1,2). The second-order valence-corrected chi connectivity index (χ2v) is 10.0. The van der Waals surface area contributed by atoms with Gasteiger partial charge in [0.1, 0.15) is 17.2 Å². The van der Waals surface area contributed by atoms with Gasteiger partial charge in [0.2, 0.25) is 0 Å². The fourth-order valence-electron chi connectivity index (χ4n) is 1.89. The molecule has 16 nitrogen and oxygen atoms in total. The largest absolute Gasteiger partial charge is 0.647 e. The first-order valence-electron chi connectivity index (χ1n) is 10.3. The highest BCUT2D eigenvalue weighted by Gasteiger charge is 2.33. The molecular formula is C20H30N2O14P4. The molecule has 0 bridgehead atoms. The van der Waals surface area contributed by atoms with Gasteiger partial charge in [0.25, 0.3) is 0 Å². The van der Waals surface area contributed by atoms with Crippen LogP contribution in [0.5, 0.6) is 17.2 Å². The van der Waals surface area contributed by atoms with E-state index in [1.165, 1.54) is 0 Å². The quantitative estimate of drug-likeness (QED) is 0.167. The minimum Gasteiger partial charge on any atom is -0.386 e. The number of rotatable bonds is 7. The van der Waals surface area contributed by atoms with Crippen LogP contribution < -0.4 is 25.0 Å². The highest BCUT2D eigenvalue weighted by molar-refractivity contribution is 7.49. The molecule has 40 heavy (non-hydrogen) atoms. The van der Waals surface area contributed by atoms with E-state index in [0.29, 0.717) is 30.3 Å². The van der Waals surface area contributed by atoms with Gasteiger partial charge in [-0.15, -0.1) is 0 Å². The minimum atomic E-state index is -4.64. The van der Waals surface area contributed by atoms with Gasteiger partial charge < -0.3 is 59.3 Å². The first-order valence-corrected chi connectivity index (χ1v) is 15.7. The average molecular weight is 646 g/mol. The van der Waals surface area contributed by atoms with E-state index in [-0.39, 0.29) is 0 Å². The molecule has 0 saturated carbocycles. The SMILES string of the molecule is NCCN.O=P(O)(O)O.O=P(O)(O)O.O=P(Oc1ccccc1)(Oc1ccccc1)Oc1ccccc1.O=PO. The van der Waals surface area contributed by atoms with Crippen molar-refractivity contribution in [2.45, 2.75) is 0 Å². The maximum absolute atomic E-state index is 13.1. The predicted octanol–water partition coefficient (Wildman–Crippen LogP) is 2.56. The summed E-state index contributed by atoms with van der Waals surface area (Å²) in [5.41, 5.74) is 9.81. The molecule has 3 aromatic carbocycles. The first-order chi connectivity index (χ1) is 18.6. The van der Waals surface area contributed by atoms with Crippen LogP contribution in [0.25, 0.3) is 0 Å². The highest BCUT2D eigenvalue weighted by Crippen LogP contribution is 2.49. The van der Waals surface area contributed by atoms with Crippen molar-refractivity contribution in [1.82, 2.24) is 0 Å². The van der Waals surface area contributed by atoms with Crippen molar-refractivity contribution in [2.75, 3.05) is 13.1 Å². The Balaban J connectivity index is 0. The van der Waals surface area contributed by atoms with Crippen molar-refractivity contribution in [3.05, 3.63) is 91.0 Å². The average Bonchev–Trinajstić information content (AvgIpc) is 2.84. The molecular weight excluding hydrogens is 616 g/mol. The van der Waals surface area contributed by atoms with E-state index in [2.05, 4.69) is 0 Å². The second-order valence-electron chi connectivity index (χ2n) is 6.35. The molecule has 3 rings (SSSR count). The molecule has 20 heteroatoms. The third kappa shape index (κ3) is 30.0. The van der Waals surface area contributed by atoms with E-state index in [0.717, 1.165) is 0 Å². The van der Waals surface area contributed by atoms with Crippen LogP contribution in [0.15, 0.2) is 91.0 Å². The normalized spacial score (nSPS) is 10.4. The molecule has 224 valence electrons. The van der Waals surface area contributed by atoms with Gasteiger partial charge in [-0.05, 0) is 36.4 Å². The Kier molecular flexibility index (Phi) is 22.0. The highest BCUT2D eigenvalue weighted by atomic mass is 31.2. The first kappa shape index (κ1) is 39.6. The van der Waals surface area contributed by atoms with Crippen LogP contribution in [0, 0.1) is 0 Å². The van der Waals surface area contributed by atoms with Gasteiger partial charge in [-0.2, -0.15) is 4.57 Å². The summed E-state index contributed by atoms with van der Waals surface area (Å²) in [6, 6.07) is 26.4. The lowest BCUT2D eigenvalue weighted by molar-refractivity contribution is 0.272. The van der Waals surface area contributed by atoms with Crippen LogP contribution in [0.1, 0.15) is 0 Å². The summed E-state index contributed by atoms with van der Waals surface area (Å²) in [4.78, 5) is 50.1. The number of nitrogens with two attached hydrogens (primary N) is 2. The molecule has 3 aromatic rings. The summed E-state index contributed by atoms with van der Waals surface area (Å²) in [5.74, 6) is 1.22. The Morgan fingerprint density at radius 3 is 0.875 bits per heavy atom. The summed E-state index contributed by atoms with van der Waals surface area (Å²) in [5, 5.41) is 0. The molecule has 0 saturated heterocycles. The van der Waals surface area contributed by atoms with Gasteiger partial charge in [-0.25, -0.2) is 13.7 Å². The van der Waals surface area contributed by atoms with Gasteiger partial charge in [-0.1, -0.05) is 54.6 Å². The Morgan fingerprint density at radius 2 is 0.725 bits per heavy atom. The van der Waals surface area contributed by atoms with Crippen LogP contribution in [0.4, 0.5) is 0 Å². The zero-order chi connectivity index (χ0) is 31.1. The lowest BCUT2D eigenvalue weighted by Gasteiger charge is -2.19. The number of hydrogen-bond acceptors (Lipinski definition) is 9. The molecule has 0 aliphatic heterocycles. The van der Waals surface area contributed by atoms with Crippen molar-refractivity contribution < 1.29 is 66.1 Å². The molecule has 0 aromatic heterocycles. The van der Waals surface area contributed by atoms with Gasteiger partial charge in [0, 0.05) is 13.1 Å². The fraction of sp³-hybridized carbons (Fsp3) is 0.100. The monoisotopic (exact) mass is 646 g/mol. The lowest BCUT2D eigenvalue weighted by atomic mass is 10.3. The molecule has 0 fully saturated rings. The van der Waals surface area contributed by atoms with Crippen LogP contribution in [0.2, 0.25) is 0 Å². The summed E-state index contributed by atoms with van der Waals surface area (Å²) in [7, 11) is -14.0. The number of para-hydroxylation sites is 3. The third-order valence-electron chi connectivity index (χ3n) is 3.05. The maximum atomic E-state index is 13.1. The second kappa shape index (κ2) is 22.2. The number of phosphoric acid groups is 3. The molecule has 0 aliphatic rings. The Bertz CT molecular complexity index is 1030. The minimum absolute atomic E-state index is 0.405. The van der Waals surface area contributed by atoms with Crippen molar-refractivity contribution in [2.24, 2.45) is 11.5 Å². The van der Waals surface area contributed by atoms with Gasteiger partial charge in [0.05, 0.1) is 0 Å². The van der Waals surface area contributed by atoms with Crippen molar-refractivity contribution in [3.8, 4) is 17.2 Å². The summed E-state index contributed by atoms with van der Waals surface area (Å²) < 4.78 is 55.8. The number of benzene rings is 3. The Labute approximate surface area is 231 Å². The fourth-order valence-corrected chi connectivity index (χ4v) is 3.14. The molecule has 11 N–H and O–H groups in total. The molecule has 0 spiro atoms. The summed E-state index contributed by atoms with van der Waals surface area (Å²) >= 11 is 0. The third-order valence-corrected chi connectivity index (χ3v) is 4.35. The number of hydrogen-bond donors (Lipinski definition) is 9. The summed E-state index contributed by atoms with van der Waals surface area (Å²) in [6.07, 6.45) is 0. The van der Waals surface area contributed by atoms with E-state index in [1.807, 2.05) is 18.2 Å². The Hall–Kier alpha value is -2.51. The van der Waals surface area contributed by atoms with Crippen LogP contribution in [-0.4, -0.2) is 47.3 Å². The molecule has 0 aliphatic carbocycles. The van der Waals surface area contributed by atoms with Crippen LogP contribution in [-0.2, 0) is 18.3 Å². The number of phosphoric ester groups is 1. The van der Waals surface area contributed by atoms with E-state index in [9.17, 15) is 4.57 Å². The maximum Gasteiger partial charge on any atom is 0.647 e. The molecule has 0 heterocycles.